The molecule has 0 spiro atoms. The third kappa shape index (κ3) is 5.50. The van der Waals surface area contributed by atoms with Crippen molar-refractivity contribution in [2.24, 2.45) is 0 Å². The van der Waals surface area contributed by atoms with Crippen LogP contribution >= 0.6 is 0 Å². The first-order chi connectivity index (χ1) is 9.36. The molecule has 0 fully saturated rings. The van der Waals surface area contributed by atoms with Crippen LogP contribution in [0.5, 0.6) is 0 Å². The minimum atomic E-state index is -0.0926. The van der Waals surface area contributed by atoms with Crippen LogP contribution in [0.1, 0.15) is 12.8 Å². The molecule has 3 rings (SSSR count). The summed E-state index contributed by atoms with van der Waals surface area (Å²) in [5.74, 6) is -0.0926. The number of amides is 1. The van der Waals surface area contributed by atoms with Gasteiger partial charge in [-0.1, -0.05) is 24.6 Å². The average Bonchev–Trinajstić information content (AvgIpc) is 3.16. The molecule has 1 aromatic rings. The fourth-order valence-electron chi connectivity index (χ4n) is 1.62. The van der Waals surface area contributed by atoms with Crippen molar-refractivity contribution in [2.45, 2.75) is 12.8 Å². The van der Waals surface area contributed by atoms with Crippen molar-refractivity contribution in [3.8, 4) is 0 Å². The third-order valence-electron chi connectivity index (χ3n) is 2.56. The largest absolute Gasteiger partial charge is 2.00 e. The van der Waals surface area contributed by atoms with Crippen LogP contribution in [0.3, 0.4) is 0 Å². The van der Waals surface area contributed by atoms with E-state index in [1.54, 1.807) is 6.08 Å². The van der Waals surface area contributed by atoms with E-state index in [-0.39, 0.29) is 25.4 Å². The van der Waals surface area contributed by atoms with Gasteiger partial charge < -0.3 is 10.1 Å². The Labute approximate surface area is 132 Å². The van der Waals surface area contributed by atoms with E-state index < -0.39 is 0 Å². The maximum Gasteiger partial charge on any atom is 2.00 e. The van der Waals surface area contributed by atoms with E-state index in [1.165, 1.54) is 0 Å². The molecule has 3 heteroatoms. The van der Waals surface area contributed by atoms with Gasteiger partial charge in [0.05, 0.1) is 0 Å². The van der Waals surface area contributed by atoms with Crippen LogP contribution in [-0.2, 0) is 24.3 Å². The van der Waals surface area contributed by atoms with Crippen LogP contribution in [0.25, 0.3) is 0 Å². The molecule has 0 aliphatic heterocycles. The molecule has 1 aromatic carbocycles. The normalized spacial score (nSPS) is 14.1. The minimum Gasteiger partial charge on any atom is -0.376 e. The molecular weight excluding hydrogens is 335 g/mol. The monoisotopic (exact) mass is 351 g/mol. The number of anilines is 1. The third-order valence-corrected chi connectivity index (χ3v) is 2.56. The summed E-state index contributed by atoms with van der Waals surface area (Å²) in [6.45, 7) is 0. The van der Waals surface area contributed by atoms with Crippen LogP contribution in [0, 0.1) is 12.2 Å². The summed E-state index contributed by atoms with van der Waals surface area (Å²) in [5.41, 5.74) is 1.43. The summed E-state index contributed by atoms with van der Waals surface area (Å²) in [7, 11) is 0. The van der Waals surface area contributed by atoms with Gasteiger partial charge in [-0.25, -0.2) is 12.2 Å². The number of carbonyl (C=O) groups excluding carboxylic acids is 1. The minimum absolute atomic E-state index is 0. The Balaban J connectivity index is 0.000000283. The van der Waals surface area contributed by atoms with Gasteiger partial charge in [0.15, 0.2) is 0 Å². The molecule has 0 atom stereocenters. The summed E-state index contributed by atoms with van der Waals surface area (Å²) >= 11 is 0. The van der Waals surface area contributed by atoms with Gasteiger partial charge in [-0.3, -0.25) is 6.08 Å². The van der Waals surface area contributed by atoms with Crippen molar-refractivity contribution in [3.05, 3.63) is 78.4 Å². The Morgan fingerprint density at radius 1 is 1.10 bits per heavy atom. The number of allylic oxidation sites excluding steroid dienone is 6. The standard InChI is InChI=1S/C12H10NO.C5H5.Ru/c14-12(10-6-4-5-7-10)13-11-8-2-1-3-9-11;1-2-4-5-3-1;/h1-4,6,8-9H,5H2,(H,13,14);1-3H,4H2;/q2*-1;+2. The summed E-state index contributed by atoms with van der Waals surface area (Å²) in [6.07, 6.45) is 17.4. The molecule has 2 aliphatic carbocycles. The van der Waals surface area contributed by atoms with Crippen molar-refractivity contribution in [3.63, 3.8) is 0 Å². The first-order valence-corrected chi connectivity index (χ1v) is 6.22. The zero-order valence-corrected chi connectivity index (χ0v) is 12.7. The Morgan fingerprint density at radius 3 is 2.40 bits per heavy atom. The molecule has 0 bridgehead atoms. The van der Waals surface area contributed by atoms with Crippen LogP contribution in [0.4, 0.5) is 5.69 Å². The van der Waals surface area contributed by atoms with E-state index in [4.69, 9.17) is 0 Å². The molecule has 1 amide bonds. The Kier molecular flexibility index (Phi) is 7.53. The summed E-state index contributed by atoms with van der Waals surface area (Å²) in [5, 5.41) is 2.79. The van der Waals surface area contributed by atoms with Crippen LogP contribution < -0.4 is 5.32 Å². The van der Waals surface area contributed by atoms with Crippen molar-refractivity contribution in [1.82, 2.24) is 0 Å². The number of hydrogen-bond donors (Lipinski definition) is 1. The maximum atomic E-state index is 11.6. The molecule has 0 radical (unpaired) electrons. The zero-order chi connectivity index (χ0) is 13.3. The molecule has 2 nitrogen and oxygen atoms in total. The van der Waals surface area contributed by atoms with Gasteiger partial charge in [-0.15, -0.1) is 18.1 Å². The van der Waals surface area contributed by atoms with E-state index in [2.05, 4.69) is 23.5 Å². The average molecular weight is 350 g/mol. The molecule has 102 valence electrons. The van der Waals surface area contributed by atoms with E-state index >= 15 is 0 Å². The van der Waals surface area contributed by atoms with Crippen LogP contribution in [-0.4, -0.2) is 5.91 Å². The van der Waals surface area contributed by atoms with Gasteiger partial charge in [0.25, 0.3) is 0 Å². The quantitative estimate of drug-likeness (QED) is 0.641. The van der Waals surface area contributed by atoms with Gasteiger partial charge in [-0.2, -0.15) is 18.2 Å². The molecule has 0 heterocycles. The second kappa shape index (κ2) is 9.22. The number of benzene rings is 1. The first kappa shape index (κ1) is 16.3. The SMILES string of the molecule is O=C(Nc1ccccc1)C1=[C-]CC=C1.[C-]1=CC=CC1.[Ru+2]. The summed E-state index contributed by atoms with van der Waals surface area (Å²) in [4.78, 5) is 11.6. The summed E-state index contributed by atoms with van der Waals surface area (Å²) in [6, 6.07) is 9.40. The number of hydrogen-bond acceptors (Lipinski definition) is 1. The Hall–Kier alpha value is -1.73. The Morgan fingerprint density at radius 2 is 1.90 bits per heavy atom. The predicted octanol–water partition coefficient (Wildman–Crippen LogP) is 3.62. The van der Waals surface area contributed by atoms with Crippen LogP contribution in [0.15, 0.2) is 66.3 Å². The smallest absolute Gasteiger partial charge is 0.376 e. The Bertz CT molecular complexity index is 531. The van der Waals surface area contributed by atoms with Gasteiger partial charge in [0.1, 0.15) is 5.91 Å². The van der Waals surface area contributed by atoms with Gasteiger partial charge in [0.2, 0.25) is 0 Å². The fourth-order valence-corrected chi connectivity index (χ4v) is 1.62. The predicted molar refractivity (Wildman–Crippen MR) is 77.2 cm³/mol. The fraction of sp³-hybridized carbons (Fsp3) is 0.118. The molecule has 2 aliphatic rings. The van der Waals surface area contributed by atoms with Gasteiger partial charge >= 0.3 is 19.5 Å². The number of nitrogens with one attached hydrogen (secondary N) is 1. The number of para-hydroxylation sites is 1. The van der Waals surface area contributed by atoms with E-state index in [1.807, 2.05) is 48.6 Å². The molecule has 1 N–H and O–H groups in total. The molecular formula is C17H15NORu. The number of rotatable bonds is 2. The second-order valence-corrected chi connectivity index (χ2v) is 4.02. The molecule has 20 heavy (non-hydrogen) atoms. The molecule has 0 saturated heterocycles. The van der Waals surface area contributed by atoms with Crippen molar-refractivity contribution in [1.29, 1.82) is 0 Å². The van der Waals surface area contributed by atoms with E-state index in [9.17, 15) is 4.79 Å². The zero-order valence-electron chi connectivity index (χ0n) is 10.9. The first-order valence-electron chi connectivity index (χ1n) is 6.22. The molecule has 0 unspecified atom stereocenters. The van der Waals surface area contributed by atoms with Crippen LogP contribution in [0.2, 0.25) is 0 Å². The van der Waals surface area contributed by atoms with Crippen molar-refractivity contribution >= 4 is 11.6 Å². The van der Waals surface area contributed by atoms with Crippen molar-refractivity contribution < 1.29 is 24.3 Å². The number of carbonyl (C=O) groups is 1. The van der Waals surface area contributed by atoms with Crippen molar-refractivity contribution in [2.75, 3.05) is 5.32 Å². The molecule has 0 saturated carbocycles. The van der Waals surface area contributed by atoms with E-state index in [0.29, 0.717) is 5.57 Å². The van der Waals surface area contributed by atoms with Gasteiger partial charge in [0, 0.05) is 5.69 Å². The second-order valence-electron chi connectivity index (χ2n) is 4.02. The maximum absolute atomic E-state index is 11.6. The summed E-state index contributed by atoms with van der Waals surface area (Å²) < 4.78 is 0. The molecule has 0 aromatic heterocycles. The topological polar surface area (TPSA) is 29.1 Å². The van der Waals surface area contributed by atoms with Gasteiger partial charge in [-0.05, 0) is 12.1 Å². The van der Waals surface area contributed by atoms with E-state index in [0.717, 1.165) is 18.5 Å².